The maximum atomic E-state index is 12.8. The number of nitrogens with zero attached hydrogens (tertiary/aromatic N) is 1. The van der Waals surface area contributed by atoms with Crippen LogP contribution in [0.25, 0.3) is 21.7 Å². The molecule has 0 saturated carbocycles. The Morgan fingerprint density at radius 2 is 1.49 bits per heavy atom. The van der Waals surface area contributed by atoms with Crippen LogP contribution in [0.2, 0.25) is 5.02 Å². The Kier molecular flexibility index (Phi) is 6.70. The Morgan fingerprint density at radius 3 is 2.27 bits per heavy atom. The van der Waals surface area contributed by atoms with Crippen molar-refractivity contribution in [2.45, 2.75) is 0 Å². The topological polar surface area (TPSA) is 78.9 Å². The number of carbonyl (C=O) groups excluding carboxylic acids is 1. The first kappa shape index (κ1) is 24.2. The van der Waals surface area contributed by atoms with Crippen molar-refractivity contribution in [3.8, 4) is 28.7 Å². The molecule has 186 valence electrons. The SMILES string of the molecule is COc1cc2nccc(Oc3ccc4cc(NC(=O)c5cc(Cl)ccc5OC)ccc4c3)c2cc1OC. The van der Waals surface area contributed by atoms with Crippen molar-refractivity contribution < 1.29 is 23.7 Å². The number of halogens is 1. The van der Waals surface area contributed by atoms with Crippen LogP contribution >= 0.6 is 11.6 Å². The largest absolute Gasteiger partial charge is 0.496 e. The number of benzene rings is 4. The fourth-order valence-electron chi connectivity index (χ4n) is 4.08. The number of aromatic nitrogens is 1. The summed E-state index contributed by atoms with van der Waals surface area (Å²) in [6.45, 7) is 0. The molecule has 0 fully saturated rings. The summed E-state index contributed by atoms with van der Waals surface area (Å²) in [6.07, 6.45) is 1.69. The number of nitrogens with one attached hydrogen (secondary N) is 1. The fourth-order valence-corrected chi connectivity index (χ4v) is 4.26. The molecule has 37 heavy (non-hydrogen) atoms. The van der Waals surface area contributed by atoms with E-state index >= 15 is 0 Å². The van der Waals surface area contributed by atoms with Gasteiger partial charge in [0.15, 0.2) is 11.5 Å². The summed E-state index contributed by atoms with van der Waals surface area (Å²) in [6, 6.07) is 21.8. The Bertz CT molecular complexity index is 1640. The van der Waals surface area contributed by atoms with Crippen LogP contribution in [-0.2, 0) is 0 Å². The molecule has 0 bridgehead atoms. The van der Waals surface area contributed by atoms with Crippen molar-refractivity contribution in [3.05, 3.63) is 89.6 Å². The lowest BCUT2D eigenvalue weighted by atomic mass is 10.1. The van der Waals surface area contributed by atoms with Crippen LogP contribution in [0.3, 0.4) is 0 Å². The van der Waals surface area contributed by atoms with Gasteiger partial charge >= 0.3 is 0 Å². The van der Waals surface area contributed by atoms with Crippen molar-refractivity contribution in [2.75, 3.05) is 26.6 Å². The van der Waals surface area contributed by atoms with Gasteiger partial charge in [-0.1, -0.05) is 23.7 Å². The van der Waals surface area contributed by atoms with E-state index in [4.69, 9.17) is 30.5 Å². The first-order chi connectivity index (χ1) is 18.0. The lowest BCUT2D eigenvalue weighted by Crippen LogP contribution is -2.13. The van der Waals surface area contributed by atoms with Crippen molar-refractivity contribution in [1.29, 1.82) is 0 Å². The van der Waals surface area contributed by atoms with E-state index in [1.165, 1.54) is 7.11 Å². The first-order valence-electron chi connectivity index (χ1n) is 11.4. The van der Waals surface area contributed by atoms with Gasteiger partial charge in [0.2, 0.25) is 0 Å². The average molecular weight is 515 g/mol. The van der Waals surface area contributed by atoms with E-state index in [2.05, 4.69) is 10.3 Å². The van der Waals surface area contributed by atoms with E-state index in [0.717, 1.165) is 21.7 Å². The zero-order valence-electron chi connectivity index (χ0n) is 20.4. The van der Waals surface area contributed by atoms with E-state index in [-0.39, 0.29) is 5.91 Å². The molecule has 7 nitrogen and oxygen atoms in total. The summed E-state index contributed by atoms with van der Waals surface area (Å²) in [4.78, 5) is 17.3. The first-order valence-corrected chi connectivity index (χ1v) is 11.7. The van der Waals surface area contributed by atoms with Gasteiger partial charge in [-0.25, -0.2) is 0 Å². The smallest absolute Gasteiger partial charge is 0.259 e. The van der Waals surface area contributed by atoms with Crippen LogP contribution in [0.1, 0.15) is 10.4 Å². The Balaban J connectivity index is 1.40. The van der Waals surface area contributed by atoms with Gasteiger partial charge in [-0.05, 0) is 65.4 Å². The van der Waals surface area contributed by atoms with Gasteiger partial charge in [0.25, 0.3) is 5.91 Å². The van der Waals surface area contributed by atoms with Gasteiger partial charge in [0.05, 0.1) is 32.4 Å². The minimum Gasteiger partial charge on any atom is -0.496 e. The normalized spacial score (nSPS) is 10.8. The fraction of sp³-hybridized carbons (Fsp3) is 0.103. The van der Waals surface area contributed by atoms with Crippen LogP contribution in [0, 0.1) is 0 Å². The van der Waals surface area contributed by atoms with Gasteiger partial charge in [0.1, 0.15) is 17.2 Å². The van der Waals surface area contributed by atoms with Crippen LogP contribution in [0.4, 0.5) is 5.69 Å². The summed E-state index contributed by atoms with van der Waals surface area (Å²) < 4.78 is 22.3. The van der Waals surface area contributed by atoms with E-state index in [1.54, 1.807) is 44.7 Å². The van der Waals surface area contributed by atoms with E-state index in [9.17, 15) is 4.79 Å². The molecule has 5 aromatic rings. The maximum absolute atomic E-state index is 12.8. The number of hydrogen-bond acceptors (Lipinski definition) is 6. The van der Waals surface area contributed by atoms with Gasteiger partial charge in [-0.2, -0.15) is 0 Å². The van der Waals surface area contributed by atoms with E-state index < -0.39 is 0 Å². The molecule has 0 radical (unpaired) electrons. The zero-order chi connectivity index (χ0) is 25.9. The molecule has 1 N–H and O–H groups in total. The highest BCUT2D eigenvalue weighted by Crippen LogP contribution is 2.37. The summed E-state index contributed by atoms with van der Waals surface area (Å²) in [5.41, 5.74) is 1.74. The number of amides is 1. The molecule has 5 rings (SSSR count). The second-order valence-electron chi connectivity index (χ2n) is 8.16. The molecule has 1 aromatic heterocycles. The monoisotopic (exact) mass is 514 g/mol. The second-order valence-corrected chi connectivity index (χ2v) is 8.59. The number of pyridine rings is 1. The molecule has 0 spiro atoms. The minimum atomic E-state index is -0.310. The Labute approximate surface area is 218 Å². The number of ether oxygens (including phenoxy) is 4. The van der Waals surface area contributed by atoms with Crippen LogP contribution in [0.5, 0.6) is 28.7 Å². The Hall–Kier alpha value is -4.49. The summed E-state index contributed by atoms with van der Waals surface area (Å²) in [5.74, 6) is 2.64. The molecule has 8 heteroatoms. The number of methoxy groups -OCH3 is 3. The number of anilines is 1. The number of carbonyl (C=O) groups is 1. The molecule has 1 amide bonds. The lowest BCUT2D eigenvalue weighted by Gasteiger charge is -2.13. The lowest BCUT2D eigenvalue weighted by molar-refractivity contribution is 0.102. The highest BCUT2D eigenvalue weighted by atomic mass is 35.5. The van der Waals surface area contributed by atoms with Crippen LogP contribution < -0.4 is 24.3 Å². The quantitative estimate of drug-likeness (QED) is 0.249. The number of hydrogen-bond donors (Lipinski definition) is 1. The van der Waals surface area contributed by atoms with Gasteiger partial charge in [0, 0.05) is 28.4 Å². The minimum absolute atomic E-state index is 0.310. The third kappa shape index (κ3) is 4.94. The highest BCUT2D eigenvalue weighted by molar-refractivity contribution is 6.31. The zero-order valence-corrected chi connectivity index (χ0v) is 21.1. The molecule has 0 aliphatic heterocycles. The molecule has 0 aliphatic rings. The predicted molar refractivity (Wildman–Crippen MR) is 145 cm³/mol. The molecule has 0 unspecified atom stereocenters. The Morgan fingerprint density at radius 1 is 0.757 bits per heavy atom. The number of fused-ring (bicyclic) bond motifs is 2. The predicted octanol–water partition coefficient (Wildman–Crippen LogP) is 7.11. The molecule has 0 saturated heterocycles. The van der Waals surface area contributed by atoms with Crippen molar-refractivity contribution in [1.82, 2.24) is 4.98 Å². The highest BCUT2D eigenvalue weighted by Gasteiger charge is 2.14. The number of rotatable bonds is 7. The summed E-state index contributed by atoms with van der Waals surface area (Å²) in [5, 5.41) is 6.06. The molecule has 1 heterocycles. The third-order valence-electron chi connectivity index (χ3n) is 5.91. The van der Waals surface area contributed by atoms with Crippen LogP contribution in [-0.4, -0.2) is 32.2 Å². The van der Waals surface area contributed by atoms with E-state index in [1.807, 2.05) is 48.5 Å². The molecule has 4 aromatic carbocycles. The standard InChI is InChI=1S/C29H23ClN2O5/c1-34-25-9-6-19(30)14-23(25)29(33)32-20-7-4-18-13-21(8-5-17(18)12-20)37-26-10-11-31-24-16-28(36-3)27(35-2)15-22(24)26/h4-16H,1-3H3,(H,32,33). The van der Waals surface area contributed by atoms with Gasteiger partial charge in [-0.3, -0.25) is 9.78 Å². The molecule has 0 aliphatic carbocycles. The van der Waals surface area contributed by atoms with Gasteiger partial charge in [-0.15, -0.1) is 0 Å². The maximum Gasteiger partial charge on any atom is 0.259 e. The molecular weight excluding hydrogens is 492 g/mol. The third-order valence-corrected chi connectivity index (χ3v) is 6.15. The van der Waals surface area contributed by atoms with Crippen molar-refractivity contribution >= 4 is 44.9 Å². The molecular formula is C29H23ClN2O5. The molecule has 0 atom stereocenters. The van der Waals surface area contributed by atoms with Crippen LogP contribution in [0.15, 0.2) is 79.0 Å². The average Bonchev–Trinajstić information content (AvgIpc) is 2.92. The van der Waals surface area contributed by atoms with Crippen molar-refractivity contribution in [3.63, 3.8) is 0 Å². The summed E-state index contributed by atoms with van der Waals surface area (Å²) in [7, 11) is 4.69. The summed E-state index contributed by atoms with van der Waals surface area (Å²) >= 11 is 6.07. The second kappa shape index (κ2) is 10.2. The van der Waals surface area contributed by atoms with E-state index in [0.29, 0.717) is 45.0 Å². The van der Waals surface area contributed by atoms with Gasteiger partial charge < -0.3 is 24.3 Å². The van der Waals surface area contributed by atoms with Crippen molar-refractivity contribution in [2.24, 2.45) is 0 Å².